The highest BCUT2D eigenvalue weighted by atomic mass is 16.5. The highest BCUT2D eigenvalue weighted by Crippen LogP contribution is 2.40. The average molecular weight is 419 g/mol. The van der Waals surface area contributed by atoms with Crippen LogP contribution in [0, 0.1) is 11.8 Å². The molecule has 5 rings (SSSR count). The lowest BCUT2D eigenvalue weighted by molar-refractivity contribution is -0.130. The lowest BCUT2D eigenvalue weighted by atomic mass is 9.95. The van der Waals surface area contributed by atoms with Crippen LogP contribution in [-0.4, -0.2) is 18.1 Å². The summed E-state index contributed by atoms with van der Waals surface area (Å²) < 4.78 is 5.41. The topological polar surface area (TPSA) is 49.8 Å². The summed E-state index contributed by atoms with van der Waals surface area (Å²) in [5.41, 5.74) is 0.994. The van der Waals surface area contributed by atoms with Crippen LogP contribution >= 0.6 is 0 Å². The van der Waals surface area contributed by atoms with Gasteiger partial charge < -0.3 is 14.7 Å². The molecule has 1 amide bonds. The van der Waals surface area contributed by atoms with Crippen molar-refractivity contribution in [2.75, 3.05) is 12.0 Å². The van der Waals surface area contributed by atoms with Crippen LogP contribution in [0.15, 0.2) is 91.0 Å². The molecule has 0 saturated heterocycles. The van der Waals surface area contributed by atoms with Crippen LogP contribution < -0.4 is 9.64 Å². The fraction of sp³-hybridized carbons (Fsp3) is 0.107. The number of rotatable bonds is 3. The van der Waals surface area contributed by atoms with Crippen molar-refractivity contribution >= 4 is 22.4 Å². The second kappa shape index (κ2) is 7.88. The highest BCUT2D eigenvalue weighted by molar-refractivity contribution is 6.09. The lowest BCUT2D eigenvalue weighted by Crippen LogP contribution is -2.39. The molecular weight excluding hydrogens is 398 g/mol. The predicted octanol–water partition coefficient (Wildman–Crippen LogP) is 4.63. The van der Waals surface area contributed by atoms with Crippen LogP contribution in [0.1, 0.15) is 16.7 Å². The minimum absolute atomic E-state index is 0.371. The molecule has 4 nitrogen and oxygen atoms in total. The maximum Gasteiger partial charge on any atom is 0.276 e. The summed E-state index contributed by atoms with van der Waals surface area (Å²) in [7, 11) is 1.64. The number of methoxy groups -OCH3 is 1. The number of fused-ring (bicyclic) bond motifs is 2. The predicted molar refractivity (Wildman–Crippen MR) is 125 cm³/mol. The van der Waals surface area contributed by atoms with Crippen LogP contribution in [0.2, 0.25) is 0 Å². The molecule has 1 atom stereocenters. The molecule has 0 aliphatic carbocycles. The van der Waals surface area contributed by atoms with E-state index in [1.54, 1.807) is 18.1 Å². The Morgan fingerprint density at radius 1 is 0.938 bits per heavy atom. The fourth-order valence-corrected chi connectivity index (χ4v) is 4.15. The summed E-state index contributed by atoms with van der Waals surface area (Å²) in [5, 5.41) is 13.4. The number of carbonyl (C=O) groups excluding carboxylic acids is 1. The first-order chi connectivity index (χ1) is 15.6. The molecule has 0 aromatic heterocycles. The maximum absolute atomic E-state index is 13.4. The Kier molecular flexibility index (Phi) is 4.89. The van der Waals surface area contributed by atoms with E-state index in [9.17, 15) is 9.90 Å². The van der Waals surface area contributed by atoms with Crippen molar-refractivity contribution in [2.45, 2.75) is 12.1 Å². The van der Waals surface area contributed by atoms with Crippen LogP contribution in [-0.2, 0) is 16.9 Å². The Hall–Kier alpha value is -4.07. The third kappa shape index (κ3) is 3.30. The molecule has 1 N–H and O–H groups in total. The van der Waals surface area contributed by atoms with Gasteiger partial charge in [0.25, 0.3) is 5.91 Å². The molecule has 1 aliphatic heterocycles. The van der Waals surface area contributed by atoms with Gasteiger partial charge in [0.1, 0.15) is 5.75 Å². The SMILES string of the molecule is COc1cccc2cc(C#CC3(O)C(=O)N(Cc4ccccc4)c4ccccc43)ccc12. The molecule has 156 valence electrons. The van der Waals surface area contributed by atoms with E-state index in [2.05, 4.69) is 11.8 Å². The Morgan fingerprint density at radius 3 is 2.53 bits per heavy atom. The lowest BCUT2D eigenvalue weighted by Gasteiger charge is -2.19. The number of hydrogen-bond donors (Lipinski definition) is 1. The highest BCUT2D eigenvalue weighted by Gasteiger charge is 2.48. The number of nitrogens with zero attached hydrogens (tertiary/aromatic N) is 1. The van der Waals surface area contributed by atoms with Crippen LogP contribution in [0.4, 0.5) is 5.69 Å². The van der Waals surface area contributed by atoms with Crippen LogP contribution in [0.3, 0.4) is 0 Å². The molecule has 4 aromatic carbocycles. The summed E-state index contributed by atoms with van der Waals surface area (Å²) in [4.78, 5) is 15.0. The molecular formula is C28H21NO3. The first-order valence-corrected chi connectivity index (χ1v) is 10.4. The summed E-state index contributed by atoms with van der Waals surface area (Å²) in [5.74, 6) is 6.25. The zero-order valence-electron chi connectivity index (χ0n) is 17.6. The van der Waals surface area contributed by atoms with E-state index in [-0.39, 0.29) is 0 Å². The van der Waals surface area contributed by atoms with E-state index in [4.69, 9.17) is 4.74 Å². The van der Waals surface area contributed by atoms with Crippen molar-refractivity contribution in [3.8, 4) is 17.6 Å². The van der Waals surface area contributed by atoms with Crippen molar-refractivity contribution in [3.63, 3.8) is 0 Å². The van der Waals surface area contributed by atoms with E-state index in [0.717, 1.165) is 22.1 Å². The van der Waals surface area contributed by atoms with Gasteiger partial charge >= 0.3 is 0 Å². The first-order valence-electron chi connectivity index (χ1n) is 10.4. The molecule has 0 saturated carbocycles. The summed E-state index contributed by atoms with van der Waals surface area (Å²) >= 11 is 0. The standard InChI is InChI=1S/C28H21NO3/c1-32-26-13-7-10-22-18-20(14-15-23(22)26)16-17-28(31)24-11-5-6-12-25(24)29(27(28)30)19-21-8-3-2-4-9-21/h2-15,18,31H,19H2,1H3. The molecule has 0 spiro atoms. The molecule has 32 heavy (non-hydrogen) atoms. The number of hydrogen-bond acceptors (Lipinski definition) is 3. The number of carbonyl (C=O) groups is 1. The van der Waals surface area contributed by atoms with Crippen molar-refractivity contribution in [2.24, 2.45) is 0 Å². The maximum atomic E-state index is 13.4. The normalized spacial score (nSPS) is 17.1. The van der Waals surface area contributed by atoms with Gasteiger partial charge in [-0.05, 0) is 47.2 Å². The minimum atomic E-state index is -1.89. The Labute approximate surface area is 186 Å². The van der Waals surface area contributed by atoms with Gasteiger partial charge in [-0.15, -0.1) is 0 Å². The summed E-state index contributed by atoms with van der Waals surface area (Å²) in [6.45, 7) is 0.371. The van der Waals surface area contributed by atoms with Gasteiger partial charge in [-0.3, -0.25) is 4.79 Å². The van der Waals surface area contributed by atoms with Gasteiger partial charge in [0.15, 0.2) is 0 Å². The smallest absolute Gasteiger partial charge is 0.276 e. The molecule has 0 fully saturated rings. The Morgan fingerprint density at radius 2 is 1.72 bits per heavy atom. The van der Waals surface area contributed by atoms with E-state index in [1.807, 2.05) is 84.9 Å². The molecule has 1 aliphatic rings. The summed E-state index contributed by atoms with van der Waals surface area (Å²) in [6, 6.07) is 28.6. The van der Waals surface area contributed by atoms with Gasteiger partial charge in [0.05, 0.1) is 19.3 Å². The Balaban J connectivity index is 1.53. The largest absolute Gasteiger partial charge is 0.496 e. The minimum Gasteiger partial charge on any atom is -0.496 e. The van der Waals surface area contributed by atoms with Gasteiger partial charge in [-0.2, -0.15) is 0 Å². The van der Waals surface area contributed by atoms with Crippen molar-refractivity contribution in [1.82, 2.24) is 0 Å². The molecule has 1 heterocycles. The van der Waals surface area contributed by atoms with Crippen LogP contribution in [0.5, 0.6) is 5.75 Å². The number of aliphatic hydroxyl groups is 1. The number of benzene rings is 4. The number of anilines is 1. The third-order valence-corrected chi connectivity index (χ3v) is 5.77. The quantitative estimate of drug-likeness (QED) is 0.493. The van der Waals surface area contributed by atoms with Gasteiger partial charge in [0.2, 0.25) is 5.60 Å². The third-order valence-electron chi connectivity index (χ3n) is 5.77. The van der Waals surface area contributed by atoms with Crippen molar-refractivity contribution in [3.05, 3.63) is 108 Å². The Bertz CT molecular complexity index is 1380. The summed E-state index contributed by atoms with van der Waals surface area (Å²) in [6.07, 6.45) is 0. The van der Waals surface area contributed by atoms with Gasteiger partial charge in [-0.1, -0.05) is 66.6 Å². The number of para-hydroxylation sites is 1. The zero-order chi connectivity index (χ0) is 22.1. The zero-order valence-corrected chi connectivity index (χ0v) is 17.6. The molecule has 1 unspecified atom stereocenters. The van der Waals surface area contributed by atoms with E-state index >= 15 is 0 Å². The van der Waals surface area contributed by atoms with E-state index < -0.39 is 11.5 Å². The molecule has 0 bridgehead atoms. The fourth-order valence-electron chi connectivity index (χ4n) is 4.15. The molecule has 4 aromatic rings. The second-order valence-corrected chi connectivity index (χ2v) is 7.75. The number of ether oxygens (including phenoxy) is 1. The van der Waals surface area contributed by atoms with E-state index in [0.29, 0.717) is 23.4 Å². The first kappa shape index (κ1) is 19.9. The van der Waals surface area contributed by atoms with Gasteiger partial charge in [0, 0.05) is 16.5 Å². The monoisotopic (exact) mass is 419 g/mol. The van der Waals surface area contributed by atoms with Crippen molar-refractivity contribution in [1.29, 1.82) is 0 Å². The van der Waals surface area contributed by atoms with E-state index in [1.165, 1.54) is 0 Å². The van der Waals surface area contributed by atoms with Crippen molar-refractivity contribution < 1.29 is 14.6 Å². The average Bonchev–Trinajstić information content (AvgIpc) is 3.05. The molecule has 4 heteroatoms. The van der Waals surface area contributed by atoms with Gasteiger partial charge in [-0.25, -0.2) is 0 Å². The molecule has 0 radical (unpaired) electrons. The number of amides is 1. The second-order valence-electron chi connectivity index (χ2n) is 7.75. The van der Waals surface area contributed by atoms with Crippen LogP contribution in [0.25, 0.3) is 10.8 Å².